The molecule has 0 aliphatic carbocycles. The van der Waals surface area contributed by atoms with Crippen molar-refractivity contribution < 1.29 is 17.9 Å². The van der Waals surface area contributed by atoms with Gasteiger partial charge in [0.25, 0.3) is 5.91 Å². The summed E-state index contributed by atoms with van der Waals surface area (Å²) in [6.45, 7) is 0.212. The number of hydrogen-bond donors (Lipinski definition) is 0. The number of nitrogens with zero attached hydrogens (tertiary/aromatic N) is 3. The number of halogens is 1. The number of aromatic nitrogens is 2. The maximum Gasteiger partial charge on any atom is 0.260 e. The van der Waals surface area contributed by atoms with Crippen LogP contribution >= 0.6 is 11.6 Å². The van der Waals surface area contributed by atoms with Gasteiger partial charge in [0.05, 0.1) is 11.5 Å². The molecule has 1 aromatic heterocycles. The van der Waals surface area contributed by atoms with Crippen LogP contribution in [0.25, 0.3) is 0 Å². The number of amides is 1. The smallest absolute Gasteiger partial charge is 0.260 e. The maximum atomic E-state index is 11.8. The van der Waals surface area contributed by atoms with E-state index in [-0.39, 0.29) is 48.1 Å². The average Bonchev–Trinajstić information content (AvgIpc) is 2.37. The number of carbonyl (C=O) groups is 1. The van der Waals surface area contributed by atoms with Crippen molar-refractivity contribution in [3.63, 3.8) is 0 Å². The molecule has 0 unspecified atom stereocenters. The average molecular weight is 306 g/mol. The van der Waals surface area contributed by atoms with Gasteiger partial charge in [-0.1, -0.05) is 11.6 Å². The fourth-order valence-corrected chi connectivity index (χ4v) is 2.87. The standard InChI is InChI=1S/C10H12ClN3O4S/c11-8-1-2-9(13-12-8)18-7-10(15)14-3-5-19(16,17)6-4-14/h1-2H,3-7H2. The molecular formula is C10H12ClN3O4S. The van der Waals surface area contributed by atoms with Crippen LogP contribution in [0.2, 0.25) is 5.15 Å². The maximum absolute atomic E-state index is 11.8. The lowest BCUT2D eigenvalue weighted by Gasteiger charge is -2.26. The molecule has 0 bridgehead atoms. The zero-order chi connectivity index (χ0) is 13.9. The van der Waals surface area contributed by atoms with E-state index in [1.54, 1.807) is 0 Å². The lowest BCUT2D eigenvalue weighted by molar-refractivity contribution is -0.133. The number of carbonyl (C=O) groups excluding carboxylic acids is 1. The fraction of sp³-hybridized carbons (Fsp3) is 0.500. The molecule has 2 heterocycles. The summed E-state index contributed by atoms with van der Waals surface area (Å²) in [6, 6.07) is 3.01. The van der Waals surface area contributed by atoms with Crippen LogP contribution in [-0.4, -0.2) is 60.6 Å². The van der Waals surface area contributed by atoms with E-state index in [2.05, 4.69) is 10.2 Å². The van der Waals surface area contributed by atoms with Gasteiger partial charge in [0.15, 0.2) is 21.6 Å². The summed E-state index contributed by atoms with van der Waals surface area (Å²) in [7, 11) is -2.99. The van der Waals surface area contributed by atoms with Gasteiger partial charge in [-0.15, -0.1) is 10.2 Å². The molecule has 7 nitrogen and oxygen atoms in total. The molecule has 0 spiro atoms. The molecular weight excluding hydrogens is 294 g/mol. The van der Waals surface area contributed by atoms with Gasteiger partial charge in [0, 0.05) is 19.2 Å². The summed E-state index contributed by atoms with van der Waals surface area (Å²) in [6.07, 6.45) is 0. The summed E-state index contributed by atoms with van der Waals surface area (Å²) in [5, 5.41) is 7.46. The summed E-state index contributed by atoms with van der Waals surface area (Å²) < 4.78 is 27.6. The Kier molecular flexibility index (Phi) is 4.20. The highest BCUT2D eigenvalue weighted by Gasteiger charge is 2.25. The minimum absolute atomic E-state index is 0.000505. The third-order valence-corrected chi connectivity index (χ3v) is 4.46. The summed E-state index contributed by atoms with van der Waals surface area (Å²) in [4.78, 5) is 13.2. The first-order chi connectivity index (χ1) is 8.96. The molecule has 1 aliphatic rings. The van der Waals surface area contributed by atoms with Crippen molar-refractivity contribution in [1.82, 2.24) is 15.1 Å². The molecule has 0 aromatic carbocycles. The molecule has 0 radical (unpaired) electrons. The van der Waals surface area contributed by atoms with E-state index in [0.29, 0.717) is 0 Å². The summed E-state index contributed by atoms with van der Waals surface area (Å²) >= 11 is 5.56. The van der Waals surface area contributed by atoms with Gasteiger partial charge < -0.3 is 9.64 Å². The molecule has 0 N–H and O–H groups in total. The molecule has 1 fully saturated rings. The predicted octanol–water partition coefficient (Wildman–Crippen LogP) is -0.234. The van der Waals surface area contributed by atoms with E-state index in [1.807, 2.05) is 0 Å². The lowest BCUT2D eigenvalue weighted by Crippen LogP contribution is -2.45. The Morgan fingerprint density at radius 3 is 2.58 bits per heavy atom. The zero-order valence-electron chi connectivity index (χ0n) is 9.95. The van der Waals surface area contributed by atoms with Crippen LogP contribution in [0.4, 0.5) is 0 Å². The largest absolute Gasteiger partial charge is 0.466 e. The van der Waals surface area contributed by atoms with Gasteiger partial charge >= 0.3 is 0 Å². The zero-order valence-corrected chi connectivity index (χ0v) is 11.5. The second-order valence-electron chi connectivity index (χ2n) is 4.02. The lowest BCUT2D eigenvalue weighted by atomic mass is 10.4. The normalized spacial score (nSPS) is 18.1. The SMILES string of the molecule is O=C(COc1ccc(Cl)nn1)N1CCS(=O)(=O)CC1. The van der Waals surface area contributed by atoms with Gasteiger partial charge in [0.2, 0.25) is 5.88 Å². The number of sulfone groups is 1. The minimum Gasteiger partial charge on any atom is -0.466 e. The fourth-order valence-electron chi connectivity index (χ4n) is 1.57. The molecule has 2 rings (SSSR count). The molecule has 1 aliphatic heterocycles. The first-order valence-electron chi connectivity index (χ1n) is 5.56. The Morgan fingerprint density at radius 1 is 1.32 bits per heavy atom. The number of rotatable bonds is 3. The Morgan fingerprint density at radius 2 is 2.00 bits per heavy atom. The van der Waals surface area contributed by atoms with E-state index in [4.69, 9.17) is 16.3 Å². The molecule has 1 aromatic rings. The van der Waals surface area contributed by atoms with Crippen molar-refractivity contribution >= 4 is 27.3 Å². The van der Waals surface area contributed by atoms with E-state index in [1.165, 1.54) is 17.0 Å². The van der Waals surface area contributed by atoms with Crippen LogP contribution in [0.1, 0.15) is 0 Å². The molecule has 1 saturated heterocycles. The van der Waals surface area contributed by atoms with Gasteiger partial charge in [-0.25, -0.2) is 8.42 Å². The third-order valence-electron chi connectivity index (χ3n) is 2.65. The van der Waals surface area contributed by atoms with Gasteiger partial charge in [-0.2, -0.15) is 0 Å². The van der Waals surface area contributed by atoms with Crippen molar-refractivity contribution in [2.45, 2.75) is 0 Å². The highest BCUT2D eigenvalue weighted by atomic mass is 35.5. The predicted molar refractivity (Wildman–Crippen MR) is 67.8 cm³/mol. The van der Waals surface area contributed by atoms with Crippen molar-refractivity contribution in [2.75, 3.05) is 31.2 Å². The van der Waals surface area contributed by atoms with E-state index >= 15 is 0 Å². The first-order valence-corrected chi connectivity index (χ1v) is 7.76. The molecule has 0 saturated carbocycles. The topological polar surface area (TPSA) is 89.5 Å². The Balaban J connectivity index is 1.83. The quantitative estimate of drug-likeness (QED) is 0.766. The second-order valence-corrected chi connectivity index (χ2v) is 6.71. The number of ether oxygens (including phenoxy) is 1. The van der Waals surface area contributed by atoms with Crippen molar-refractivity contribution in [3.8, 4) is 5.88 Å². The molecule has 9 heteroatoms. The Labute approximate surface area is 115 Å². The molecule has 104 valence electrons. The molecule has 19 heavy (non-hydrogen) atoms. The highest BCUT2D eigenvalue weighted by molar-refractivity contribution is 7.91. The van der Waals surface area contributed by atoms with E-state index < -0.39 is 9.84 Å². The van der Waals surface area contributed by atoms with Crippen LogP contribution in [0.5, 0.6) is 5.88 Å². The van der Waals surface area contributed by atoms with Crippen LogP contribution < -0.4 is 4.74 Å². The first kappa shape index (κ1) is 14.0. The van der Waals surface area contributed by atoms with Crippen LogP contribution in [0.3, 0.4) is 0 Å². The van der Waals surface area contributed by atoms with Crippen molar-refractivity contribution in [2.24, 2.45) is 0 Å². The summed E-state index contributed by atoms with van der Waals surface area (Å²) in [5.41, 5.74) is 0. The Hall–Kier alpha value is -1.41. The minimum atomic E-state index is -2.99. The van der Waals surface area contributed by atoms with Crippen molar-refractivity contribution in [1.29, 1.82) is 0 Å². The van der Waals surface area contributed by atoms with Gasteiger partial charge in [0.1, 0.15) is 0 Å². The van der Waals surface area contributed by atoms with Gasteiger partial charge in [-0.05, 0) is 6.07 Å². The summed E-state index contributed by atoms with van der Waals surface area (Å²) in [5.74, 6) is -0.0760. The monoisotopic (exact) mass is 305 g/mol. The van der Waals surface area contributed by atoms with Crippen LogP contribution in [-0.2, 0) is 14.6 Å². The van der Waals surface area contributed by atoms with Crippen LogP contribution in [0, 0.1) is 0 Å². The molecule has 1 amide bonds. The third kappa shape index (κ3) is 4.03. The second kappa shape index (κ2) is 5.70. The van der Waals surface area contributed by atoms with Crippen LogP contribution in [0.15, 0.2) is 12.1 Å². The van der Waals surface area contributed by atoms with Gasteiger partial charge in [-0.3, -0.25) is 4.79 Å². The molecule has 0 atom stereocenters. The van der Waals surface area contributed by atoms with E-state index in [9.17, 15) is 13.2 Å². The number of hydrogen-bond acceptors (Lipinski definition) is 6. The Bertz CT molecular complexity index is 547. The van der Waals surface area contributed by atoms with Crippen molar-refractivity contribution in [3.05, 3.63) is 17.3 Å². The van der Waals surface area contributed by atoms with E-state index in [0.717, 1.165) is 0 Å². The highest BCUT2D eigenvalue weighted by Crippen LogP contribution is 2.09.